The van der Waals surface area contributed by atoms with Gasteiger partial charge in [0.1, 0.15) is 17.5 Å². The first kappa shape index (κ1) is 26.5. The summed E-state index contributed by atoms with van der Waals surface area (Å²) in [5.41, 5.74) is 5.61. The number of hydrogen-bond acceptors (Lipinski definition) is 4. The Hall–Kier alpha value is -2.58. The molecule has 190 valence electrons. The highest BCUT2D eigenvalue weighted by Gasteiger charge is 2.58. The number of halogens is 4. The number of nitrogens with two attached hydrogens (primary N) is 1. The van der Waals surface area contributed by atoms with Gasteiger partial charge < -0.3 is 16.4 Å². The molecule has 5 nitrogen and oxygen atoms in total. The van der Waals surface area contributed by atoms with E-state index in [0.717, 1.165) is 0 Å². The molecule has 4 rings (SSSR count). The largest absolute Gasteiger partial charge is 0.319 e. The van der Waals surface area contributed by atoms with Gasteiger partial charge in [-0.25, -0.2) is 13.8 Å². The van der Waals surface area contributed by atoms with E-state index in [9.17, 15) is 4.79 Å². The number of hydrogen-bond donors (Lipinski definition) is 3. The molecule has 2 aromatic carbocycles. The van der Waals surface area contributed by atoms with Crippen LogP contribution in [0.2, 0.25) is 10.0 Å². The third-order valence-electron chi connectivity index (χ3n) is 6.53. The lowest BCUT2D eigenvalue weighted by molar-refractivity contribution is -0.118. The normalized spacial score (nSPS) is 24.1. The zero-order chi connectivity index (χ0) is 26.3. The van der Waals surface area contributed by atoms with Gasteiger partial charge >= 0.3 is 0 Å². The first-order valence-electron chi connectivity index (χ1n) is 11.6. The van der Waals surface area contributed by atoms with Crippen molar-refractivity contribution in [3.8, 4) is 0 Å². The molecule has 3 aromatic rings. The van der Waals surface area contributed by atoms with E-state index in [-0.39, 0.29) is 26.6 Å². The summed E-state index contributed by atoms with van der Waals surface area (Å²) in [5.74, 6) is -2.50. The molecular weight excluding hydrogens is 505 g/mol. The first-order chi connectivity index (χ1) is 16.9. The van der Waals surface area contributed by atoms with Gasteiger partial charge in [0.05, 0.1) is 16.6 Å². The SMILES string of the molecule is CC(C)(C)C[C@@H]1N[C@@H](C(=O)Nc2ccccn2)[C@H](c2cccc(Cl)c2F)[C@@]1(N)c1ccc(Cl)cc1F. The van der Waals surface area contributed by atoms with E-state index in [4.69, 9.17) is 28.9 Å². The number of pyridine rings is 1. The Balaban J connectivity index is 1.92. The van der Waals surface area contributed by atoms with Gasteiger partial charge in [-0.3, -0.25) is 4.79 Å². The second-order valence-corrected chi connectivity index (χ2v) is 11.2. The average Bonchev–Trinajstić information content (AvgIpc) is 3.07. The number of nitrogens with zero attached hydrogens (tertiary/aromatic N) is 1. The van der Waals surface area contributed by atoms with Gasteiger partial charge in [-0.05, 0) is 47.7 Å². The van der Waals surface area contributed by atoms with Gasteiger partial charge in [-0.2, -0.15) is 0 Å². The van der Waals surface area contributed by atoms with Gasteiger partial charge in [-0.15, -0.1) is 0 Å². The van der Waals surface area contributed by atoms with E-state index in [2.05, 4.69) is 15.6 Å². The summed E-state index contributed by atoms with van der Waals surface area (Å²) in [5, 5.41) is 6.18. The molecule has 4 atom stereocenters. The van der Waals surface area contributed by atoms with E-state index in [1.54, 1.807) is 30.5 Å². The fraction of sp³-hybridized carbons (Fsp3) is 0.333. The summed E-state index contributed by atoms with van der Waals surface area (Å²) >= 11 is 12.2. The van der Waals surface area contributed by atoms with E-state index in [1.807, 2.05) is 20.8 Å². The highest BCUT2D eigenvalue weighted by molar-refractivity contribution is 6.31. The van der Waals surface area contributed by atoms with Gasteiger partial charge in [0.2, 0.25) is 5.91 Å². The van der Waals surface area contributed by atoms with E-state index >= 15 is 8.78 Å². The summed E-state index contributed by atoms with van der Waals surface area (Å²) < 4.78 is 31.0. The maximum absolute atomic E-state index is 15.5. The Bertz CT molecular complexity index is 1270. The minimum atomic E-state index is -1.53. The summed E-state index contributed by atoms with van der Waals surface area (Å²) in [4.78, 5) is 17.8. The lowest BCUT2D eigenvalue weighted by Gasteiger charge is -2.40. The molecule has 36 heavy (non-hydrogen) atoms. The summed E-state index contributed by atoms with van der Waals surface area (Å²) in [7, 11) is 0. The lowest BCUT2D eigenvalue weighted by Crippen LogP contribution is -2.52. The molecule has 9 heteroatoms. The Kier molecular flexibility index (Phi) is 7.40. The van der Waals surface area contributed by atoms with Crippen LogP contribution in [-0.4, -0.2) is 23.0 Å². The van der Waals surface area contributed by atoms with Crippen molar-refractivity contribution in [2.75, 3.05) is 5.32 Å². The third kappa shape index (κ3) is 5.11. The molecule has 2 heterocycles. The molecule has 1 saturated heterocycles. The lowest BCUT2D eigenvalue weighted by atomic mass is 9.68. The number of aromatic nitrogens is 1. The van der Waals surface area contributed by atoms with Crippen molar-refractivity contribution in [2.24, 2.45) is 11.1 Å². The zero-order valence-corrected chi connectivity index (χ0v) is 21.7. The minimum Gasteiger partial charge on any atom is -0.319 e. The van der Waals surface area contributed by atoms with E-state index in [1.165, 1.54) is 30.3 Å². The molecule has 0 bridgehead atoms. The second-order valence-electron chi connectivity index (χ2n) is 10.3. The Morgan fingerprint density at radius 1 is 1.14 bits per heavy atom. The zero-order valence-electron chi connectivity index (χ0n) is 20.2. The van der Waals surface area contributed by atoms with Crippen LogP contribution in [0.25, 0.3) is 0 Å². The van der Waals surface area contributed by atoms with Crippen molar-refractivity contribution < 1.29 is 13.6 Å². The fourth-order valence-corrected chi connectivity index (χ4v) is 5.39. The minimum absolute atomic E-state index is 0.115. The van der Waals surface area contributed by atoms with Crippen molar-refractivity contribution in [2.45, 2.75) is 50.7 Å². The molecule has 0 radical (unpaired) electrons. The van der Waals surface area contributed by atoms with Crippen LogP contribution in [-0.2, 0) is 10.3 Å². The van der Waals surface area contributed by atoms with Gasteiger partial charge in [0.15, 0.2) is 0 Å². The molecule has 1 aromatic heterocycles. The van der Waals surface area contributed by atoms with Crippen LogP contribution in [0.15, 0.2) is 60.8 Å². The topological polar surface area (TPSA) is 80.0 Å². The third-order valence-corrected chi connectivity index (χ3v) is 7.06. The predicted octanol–water partition coefficient (Wildman–Crippen LogP) is 6.02. The molecular formula is C27H28Cl2F2N4O. The summed E-state index contributed by atoms with van der Waals surface area (Å²) in [6.45, 7) is 6.05. The number of carbonyl (C=O) groups excluding carboxylic acids is 1. The number of rotatable bonds is 5. The molecule has 0 aliphatic carbocycles. The van der Waals surface area contributed by atoms with Crippen molar-refractivity contribution in [3.63, 3.8) is 0 Å². The summed E-state index contributed by atoms with van der Waals surface area (Å²) in [6.07, 6.45) is 2.02. The van der Waals surface area contributed by atoms with Gasteiger partial charge in [0, 0.05) is 28.7 Å². The van der Waals surface area contributed by atoms with Crippen molar-refractivity contribution in [3.05, 3.63) is 93.6 Å². The number of carbonyl (C=O) groups is 1. The molecule has 1 amide bonds. The first-order valence-corrected chi connectivity index (χ1v) is 12.3. The number of nitrogens with one attached hydrogen (secondary N) is 2. The van der Waals surface area contributed by atoms with Crippen LogP contribution in [0, 0.1) is 17.0 Å². The molecule has 0 unspecified atom stereocenters. The van der Waals surface area contributed by atoms with Crippen molar-refractivity contribution in [1.82, 2.24) is 10.3 Å². The van der Waals surface area contributed by atoms with Crippen LogP contribution in [0.3, 0.4) is 0 Å². The molecule has 1 aliphatic heterocycles. The quantitative estimate of drug-likeness (QED) is 0.375. The van der Waals surface area contributed by atoms with Gasteiger partial charge in [-0.1, -0.05) is 68.2 Å². The van der Waals surface area contributed by atoms with Crippen LogP contribution >= 0.6 is 23.2 Å². The fourth-order valence-electron chi connectivity index (χ4n) is 5.04. The highest BCUT2D eigenvalue weighted by Crippen LogP contribution is 2.50. The monoisotopic (exact) mass is 532 g/mol. The van der Waals surface area contributed by atoms with Crippen molar-refractivity contribution >= 4 is 34.9 Å². The maximum Gasteiger partial charge on any atom is 0.243 e. The molecule has 1 aliphatic rings. The highest BCUT2D eigenvalue weighted by atomic mass is 35.5. The van der Waals surface area contributed by atoms with E-state index in [0.29, 0.717) is 12.2 Å². The molecule has 4 N–H and O–H groups in total. The van der Waals surface area contributed by atoms with E-state index < -0.39 is 41.1 Å². The average molecular weight is 533 g/mol. The van der Waals surface area contributed by atoms with Crippen LogP contribution in [0.1, 0.15) is 44.2 Å². The Morgan fingerprint density at radius 3 is 2.53 bits per heavy atom. The Morgan fingerprint density at radius 2 is 1.89 bits per heavy atom. The van der Waals surface area contributed by atoms with Gasteiger partial charge in [0.25, 0.3) is 0 Å². The molecule has 0 saturated carbocycles. The van der Waals surface area contributed by atoms with Crippen LogP contribution < -0.4 is 16.4 Å². The number of anilines is 1. The van der Waals surface area contributed by atoms with Crippen LogP contribution in [0.5, 0.6) is 0 Å². The second kappa shape index (κ2) is 10.1. The number of amides is 1. The predicted molar refractivity (Wildman–Crippen MR) is 139 cm³/mol. The maximum atomic E-state index is 15.5. The van der Waals surface area contributed by atoms with Crippen molar-refractivity contribution in [1.29, 1.82) is 0 Å². The van der Waals surface area contributed by atoms with Crippen LogP contribution in [0.4, 0.5) is 14.6 Å². The number of benzene rings is 2. The molecule has 1 fully saturated rings. The standard InChI is InChI=1S/C27H28Cl2F2N4O/c1-26(2,3)14-20-27(32,17-11-10-15(28)13-19(17)30)22(16-7-6-8-18(29)23(16)31)24(34-20)25(36)35-21-9-4-5-12-33-21/h4-13,20,22,24,34H,14,32H2,1-3H3,(H,33,35,36)/t20-,22-,24+,27+/m0/s1. The summed E-state index contributed by atoms with van der Waals surface area (Å²) in [6, 6.07) is 12.2. The Labute approximate surface area is 219 Å². The smallest absolute Gasteiger partial charge is 0.243 e. The molecule has 0 spiro atoms.